The van der Waals surface area contributed by atoms with E-state index >= 15 is 0 Å². The monoisotopic (exact) mass is 659 g/mol. The molecule has 0 radical (unpaired) electrons. The molecule has 280 valence electrons. The Kier molecular flexibility index (Phi) is 34.6. The highest BCUT2D eigenvalue weighted by Gasteiger charge is 2.24. The van der Waals surface area contributed by atoms with Gasteiger partial charge in [0.15, 0.2) is 0 Å². The Morgan fingerprint density at radius 2 is 0.489 bits per heavy atom. The van der Waals surface area contributed by atoms with Crippen LogP contribution in [-0.2, 0) is 0 Å². The van der Waals surface area contributed by atoms with Gasteiger partial charge in [-0.25, -0.2) is 0 Å². The van der Waals surface area contributed by atoms with E-state index in [1.165, 1.54) is 251 Å². The summed E-state index contributed by atoms with van der Waals surface area (Å²) >= 11 is 0. The maximum atomic E-state index is 2.73. The van der Waals surface area contributed by atoms with Gasteiger partial charge in [-0.1, -0.05) is 233 Å². The zero-order valence-electron chi connectivity index (χ0n) is 33.2. The lowest BCUT2D eigenvalue weighted by molar-refractivity contribution is 0.135. The Balaban J connectivity index is 2.20. The highest BCUT2D eigenvalue weighted by molar-refractivity contribution is 4.97. The van der Waals surface area contributed by atoms with Crippen molar-refractivity contribution in [1.82, 2.24) is 9.80 Å². The first-order valence-corrected chi connectivity index (χ1v) is 22.5. The van der Waals surface area contributed by atoms with Crippen molar-refractivity contribution < 1.29 is 0 Å². The Bertz CT molecular complexity index is 615. The molecule has 2 heteroatoms. The maximum absolute atomic E-state index is 2.73. The van der Waals surface area contributed by atoms with Gasteiger partial charge in [0.05, 0.1) is 0 Å². The normalized spacial score (nSPS) is 14.7. The minimum absolute atomic E-state index is 0.638. The quantitative estimate of drug-likeness (QED) is 0.0606. The highest BCUT2D eigenvalue weighted by Crippen LogP contribution is 2.24. The van der Waals surface area contributed by atoms with Crippen LogP contribution in [0.3, 0.4) is 0 Å². The van der Waals surface area contributed by atoms with E-state index < -0.39 is 0 Å². The van der Waals surface area contributed by atoms with E-state index in [4.69, 9.17) is 0 Å². The maximum Gasteiger partial charge on any atom is 0.101 e. The summed E-state index contributed by atoms with van der Waals surface area (Å²) in [5, 5.41) is 0. The fourth-order valence-corrected chi connectivity index (χ4v) is 7.78. The van der Waals surface area contributed by atoms with Crippen LogP contribution in [0.4, 0.5) is 0 Å². The second-order valence-corrected chi connectivity index (χ2v) is 15.7. The number of rotatable bonds is 39. The van der Waals surface area contributed by atoms with Gasteiger partial charge in [0.1, 0.15) is 6.17 Å². The minimum Gasteiger partial charge on any atom is -0.356 e. The van der Waals surface area contributed by atoms with Gasteiger partial charge in [-0.2, -0.15) is 0 Å². The van der Waals surface area contributed by atoms with E-state index in [9.17, 15) is 0 Å². The largest absolute Gasteiger partial charge is 0.356 e. The van der Waals surface area contributed by atoms with Crippen molar-refractivity contribution in [1.29, 1.82) is 0 Å². The van der Waals surface area contributed by atoms with Crippen LogP contribution in [0.1, 0.15) is 258 Å². The Morgan fingerprint density at radius 1 is 0.277 bits per heavy atom. The lowest BCUT2D eigenvalue weighted by Crippen LogP contribution is -2.39. The molecule has 1 atom stereocenters. The number of hydrogen-bond donors (Lipinski definition) is 0. The molecule has 0 saturated carbocycles. The van der Waals surface area contributed by atoms with Crippen LogP contribution >= 0.6 is 0 Å². The van der Waals surface area contributed by atoms with Crippen LogP contribution in [0.25, 0.3) is 0 Å². The van der Waals surface area contributed by atoms with Crippen molar-refractivity contribution in [3.8, 4) is 0 Å². The highest BCUT2D eigenvalue weighted by atomic mass is 15.4. The van der Waals surface area contributed by atoms with Crippen LogP contribution in [0, 0.1) is 0 Å². The Hall–Kier alpha value is -0.660. The molecule has 0 N–H and O–H groups in total. The zero-order valence-corrected chi connectivity index (χ0v) is 33.2. The van der Waals surface area contributed by atoms with Crippen LogP contribution in [0.15, 0.2) is 12.4 Å². The average molecular weight is 659 g/mol. The van der Waals surface area contributed by atoms with Gasteiger partial charge in [0.2, 0.25) is 0 Å². The Labute approximate surface area is 299 Å². The van der Waals surface area contributed by atoms with Crippen molar-refractivity contribution in [3.63, 3.8) is 0 Å². The van der Waals surface area contributed by atoms with E-state index in [0.29, 0.717) is 6.17 Å². The summed E-state index contributed by atoms with van der Waals surface area (Å²) in [4.78, 5) is 5.46. The molecule has 0 aromatic rings. The Morgan fingerprint density at radius 3 is 0.745 bits per heavy atom. The van der Waals surface area contributed by atoms with Gasteiger partial charge in [-0.3, -0.25) is 0 Å². The molecular formula is C45H90N2. The molecule has 47 heavy (non-hydrogen) atoms. The molecule has 0 aliphatic carbocycles. The molecule has 1 aliphatic heterocycles. The first-order valence-electron chi connectivity index (χ1n) is 22.5. The third-order valence-electron chi connectivity index (χ3n) is 11.1. The molecule has 0 aromatic carbocycles. The fourth-order valence-electron chi connectivity index (χ4n) is 7.78. The number of unbranched alkanes of at least 4 members (excludes halogenated alkanes) is 33. The molecule has 2 nitrogen and oxygen atoms in total. The first-order chi connectivity index (χ1) is 23.3. The number of hydrogen-bond acceptors (Lipinski definition) is 2. The fraction of sp³-hybridized carbons (Fsp3) is 0.956. The van der Waals surface area contributed by atoms with Crippen LogP contribution in [-0.4, -0.2) is 29.1 Å². The van der Waals surface area contributed by atoms with Gasteiger partial charge < -0.3 is 9.80 Å². The summed E-state index contributed by atoms with van der Waals surface area (Å²) in [7, 11) is 0. The number of nitrogens with zero attached hydrogens (tertiary/aromatic N) is 2. The first kappa shape index (κ1) is 44.4. The lowest BCUT2D eigenvalue weighted by atomic mass is 10.0. The third kappa shape index (κ3) is 28.8. The molecule has 0 bridgehead atoms. The van der Waals surface area contributed by atoms with E-state index in [2.05, 4.69) is 43.0 Å². The third-order valence-corrected chi connectivity index (χ3v) is 11.1. The van der Waals surface area contributed by atoms with E-state index in [1.807, 2.05) is 0 Å². The predicted octanol–water partition coefficient (Wildman–Crippen LogP) is 15.9. The second-order valence-electron chi connectivity index (χ2n) is 15.7. The summed E-state index contributed by atoms with van der Waals surface area (Å²) in [6.07, 6.45) is 58.9. The van der Waals surface area contributed by atoms with Gasteiger partial charge >= 0.3 is 0 Å². The van der Waals surface area contributed by atoms with Crippen molar-refractivity contribution >= 4 is 0 Å². The SMILES string of the molecule is CCCCCCCCCCCCCCCCCC1N(CCCCCCCCCCC)C=CN1CCCCCCCCCCCCCC. The van der Waals surface area contributed by atoms with Gasteiger partial charge in [-0.05, 0) is 25.7 Å². The minimum atomic E-state index is 0.638. The van der Waals surface area contributed by atoms with E-state index in [0.717, 1.165) is 0 Å². The topological polar surface area (TPSA) is 6.48 Å². The van der Waals surface area contributed by atoms with Crippen molar-refractivity contribution in [2.75, 3.05) is 13.1 Å². The summed E-state index contributed by atoms with van der Waals surface area (Å²) in [6, 6.07) is 0. The van der Waals surface area contributed by atoms with Crippen LogP contribution < -0.4 is 0 Å². The molecule has 1 rings (SSSR count). The van der Waals surface area contributed by atoms with Crippen LogP contribution in [0.2, 0.25) is 0 Å². The van der Waals surface area contributed by atoms with Gasteiger partial charge in [0.25, 0.3) is 0 Å². The molecule has 1 unspecified atom stereocenters. The molecular weight excluding hydrogens is 569 g/mol. The summed E-state index contributed by atoms with van der Waals surface area (Å²) in [5.41, 5.74) is 0. The van der Waals surface area contributed by atoms with Gasteiger partial charge in [0, 0.05) is 25.5 Å². The second kappa shape index (κ2) is 36.6. The summed E-state index contributed by atoms with van der Waals surface area (Å²) in [6.45, 7) is 9.49. The lowest BCUT2D eigenvalue weighted by Gasteiger charge is -2.33. The van der Waals surface area contributed by atoms with Gasteiger partial charge in [-0.15, -0.1) is 0 Å². The van der Waals surface area contributed by atoms with Crippen molar-refractivity contribution in [3.05, 3.63) is 12.4 Å². The van der Waals surface area contributed by atoms with E-state index in [-0.39, 0.29) is 0 Å². The molecule has 0 fully saturated rings. The summed E-state index contributed by atoms with van der Waals surface area (Å²) in [5.74, 6) is 0. The summed E-state index contributed by atoms with van der Waals surface area (Å²) < 4.78 is 0. The predicted molar refractivity (Wildman–Crippen MR) is 214 cm³/mol. The molecule has 0 spiro atoms. The molecule has 0 aromatic heterocycles. The smallest absolute Gasteiger partial charge is 0.101 e. The molecule has 1 aliphatic rings. The van der Waals surface area contributed by atoms with Crippen LogP contribution in [0.5, 0.6) is 0 Å². The van der Waals surface area contributed by atoms with Crippen molar-refractivity contribution in [2.45, 2.75) is 265 Å². The van der Waals surface area contributed by atoms with Crippen molar-refractivity contribution in [2.24, 2.45) is 0 Å². The van der Waals surface area contributed by atoms with E-state index in [1.54, 1.807) is 0 Å². The standard InChI is InChI=1S/C45H90N2/c1-4-7-10-13-16-19-21-23-24-25-26-28-31-34-37-40-45-46(41-38-35-32-29-18-15-12-9-6-3)43-44-47(45)42-39-36-33-30-27-22-20-17-14-11-8-5-2/h43-45H,4-42H2,1-3H3. The average Bonchev–Trinajstić information content (AvgIpc) is 3.47. The molecule has 0 saturated heterocycles. The zero-order chi connectivity index (χ0) is 33.7. The molecule has 0 amide bonds. The molecule has 1 heterocycles.